The van der Waals surface area contributed by atoms with Gasteiger partial charge in [0.1, 0.15) is 0 Å². The summed E-state index contributed by atoms with van der Waals surface area (Å²) < 4.78 is 0. The van der Waals surface area contributed by atoms with Crippen LogP contribution in [0.15, 0.2) is 0 Å². The maximum Gasteiger partial charge on any atom is 0.281 e. The minimum Gasteiger partial charge on any atom is -0.457 e. The van der Waals surface area contributed by atoms with Gasteiger partial charge in [0, 0.05) is 27.3 Å². The molecule has 78 valence electrons. The summed E-state index contributed by atoms with van der Waals surface area (Å²) in [7, 11) is 0. The predicted molar refractivity (Wildman–Crippen MR) is 42.9 cm³/mol. The van der Waals surface area contributed by atoms with Gasteiger partial charge in [-0.25, -0.2) is 0 Å². The zero-order valence-corrected chi connectivity index (χ0v) is 10.5. The van der Waals surface area contributed by atoms with Gasteiger partial charge in [-0.2, -0.15) is 0 Å². The number of hydrogen-bond donors (Lipinski definition) is 0. The molecule has 0 heterocycles. The van der Waals surface area contributed by atoms with E-state index in [9.17, 15) is 24.0 Å². The van der Waals surface area contributed by atoms with Crippen LogP contribution in [0.1, 0.15) is 0 Å². The van der Waals surface area contributed by atoms with Gasteiger partial charge in [-0.1, -0.05) is 0 Å². The van der Waals surface area contributed by atoms with Gasteiger partial charge in [-0.15, -0.1) is 0 Å². The summed E-state index contributed by atoms with van der Waals surface area (Å²) in [5.41, 5.74) is 0. The molecule has 1 aliphatic rings. The minimum absolute atomic E-state index is 0. The summed E-state index contributed by atoms with van der Waals surface area (Å²) in [5, 5.41) is 0. The van der Waals surface area contributed by atoms with Crippen LogP contribution >= 0.6 is 0 Å². The Morgan fingerprint density at radius 2 is 0.571 bits per heavy atom. The van der Waals surface area contributed by atoms with E-state index in [2.05, 4.69) is 0 Å². The summed E-state index contributed by atoms with van der Waals surface area (Å²) in [6, 6.07) is 0. The molecule has 14 heavy (non-hydrogen) atoms. The predicted octanol–water partition coefficient (Wildman–Crippen LogP) is -5.11. The summed E-state index contributed by atoms with van der Waals surface area (Å²) in [6.45, 7) is 0. The van der Waals surface area contributed by atoms with Crippen molar-refractivity contribution in [2.75, 3.05) is 0 Å². The van der Waals surface area contributed by atoms with Crippen molar-refractivity contribution in [2.45, 2.75) is 0 Å². The molecule has 4 radical (unpaired) electrons. The number of Topliss-reactive ketones (excluding diaryl/α,β-unsaturated/α-hetero) is 5. The topological polar surface area (TPSA) is 181 Å². The standard InChI is InChI=1S/C5O5.3H2O.Pb/c6-1-2(7)4(9)5(10)3(1)8;;;;/h;3*1H2;/p+1. The summed E-state index contributed by atoms with van der Waals surface area (Å²) in [6.07, 6.45) is 0. The van der Waals surface area contributed by atoms with E-state index in [0.717, 1.165) is 0 Å². The van der Waals surface area contributed by atoms with E-state index in [1.165, 1.54) is 0 Å². The molecule has 8 nitrogen and oxygen atoms in total. The van der Waals surface area contributed by atoms with Crippen LogP contribution in [0.25, 0.3) is 0 Å². The number of hydrogen-bond acceptors (Lipinski definition) is 5. The first-order valence-electron chi connectivity index (χ1n) is 2.27. The Balaban J connectivity index is -0.000000125. The molecule has 0 atom stereocenters. The molecule has 0 aromatic rings. The monoisotopic (exact) mass is 403 g/mol. The van der Waals surface area contributed by atoms with Gasteiger partial charge in [0.2, 0.25) is 0 Å². The number of carbonyl (C=O) groups excluding carboxylic acids is 5. The Hall–Kier alpha value is -0.848. The molecule has 1 saturated carbocycles. The van der Waals surface area contributed by atoms with Gasteiger partial charge in [-0.3, -0.25) is 24.0 Å². The van der Waals surface area contributed by atoms with Crippen LogP contribution in [0.4, 0.5) is 0 Å². The van der Waals surface area contributed by atoms with Gasteiger partial charge in [0.05, 0.1) is 0 Å². The first-order chi connectivity index (χ1) is 4.55. The van der Waals surface area contributed by atoms with Crippen LogP contribution < -0.4 is 0 Å². The van der Waals surface area contributed by atoms with Crippen molar-refractivity contribution in [2.24, 2.45) is 0 Å². The molecule has 7 N–H and O–H groups in total. The summed E-state index contributed by atoms with van der Waals surface area (Å²) >= 11 is 0. The molecule has 1 rings (SSSR count). The molecule has 9 heteroatoms. The van der Waals surface area contributed by atoms with E-state index < -0.39 is 28.9 Å². The summed E-state index contributed by atoms with van der Waals surface area (Å²) in [5.74, 6) is -7.59. The fourth-order valence-corrected chi connectivity index (χ4v) is 0.516. The first kappa shape index (κ1) is 23.2. The molecule has 0 unspecified atom stereocenters. The van der Waals surface area contributed by atoms with Crippen molar-refractivity contribution in [1.29, 1.82) is 0 Å². The van der Waals surface area contributed by atoms with Gasteiger partial charge in [0.25, 0.3) is 28.9 Å². The Labute approximate surface area is 96.7 Å². The third-order valence-corrected chi connectivity index (χ3v) is 1.03. The molecule has 0 saturated heterocycles. The second-order valence-electron chi connectivity index (χ2n) is 1.65. The average Bonchev–Trinajstić information content (AvgIpc) is 2.07. The van der Waals surface area contributed by atoms with E-state index in [1.807, 2.05) is 0 Å². The molecule has 0 bridgehead atoms. The Morgan fingerprint density at radius 1 is 0.500 bits per heavy atom. The van der Waals surface area contributed by atoms with Gasteiger partial charge < -0.3 is 16.4 Å². The van der Waals surface area contributed by atoms with Gasteiger partial charge >= 0.3 is 0 Å². The van der Waals surface area contributed by atoms with E-state index in [4.69, 9.17) is 0 Å². The molecule has 0 aromatic heterocycles. The fourth-order valence-electron chi connectivity index (χ4n) is 0.516. The van der Waals surface area contributed by atoms with Crippen molar-refractivity contribution in [3.63, 3.8) is 0 Å². The van der Waals surface area contributed by atoms with Crippen LogP contribution in [0.5, 0.6) is 0 Å². The van der Waals surface area contributed by atoms with Crippen LogP contribution in [-0.2, 0) is 29.4 Å². The first-order valence-corrected chi connectivity index (χ1v) is 2.27. The second kappa shape index (κ2) is 7.55. The molecule has 0 aliphatic heterocycles. The maximum atomic E-state index is 10.2. The van der Waals surface area contributed by atoms with Crippen molar-refractivity contribution in [1.82, 2.24) is 0 Å². The number of rotatable bonds is 0. The zero-order chi connectivity index (χ0) is 7.89. The third-order valence-electron chi connectivity index (χ3n) is 1.03. The normalized spacial score (nSPS) is 13.6. The molecular weight excluding hydrogens is 395 g/mol. The van der Waals surface area contributed by atoms with Crippen molar-refractivity contribution >= 4 is 56.2 Å². The maximum absolute atomic E-state index is 10.2. The zero-order valence-electron chi connectivity index (χ0n) is 6.62. The molecule has 1 fully saturated rings. The van der Waals surface area contributed by atoms with Gasteiger partial charge in [0.15, 0.2) is 0 Å². The molecule has 1 aliphatic carbocycles. The molecule has 0 amide bonds. The molecule has 0 aromatic carbocycles. The van der Waals surface area contributed by atoms with E-state index in [1.54, 1.807) is 0 Å². The third kappa shape index (κ3) is 3.13. The van der Waals surface area contributed by atoms with Crippen molar-refractivity contribution in [3.8, 4) is 0 Å². The fraction of sp³-hybridized carbons (Fsp3) is 0. The van der Waals surface area contributed by atoms with Crippen LogP contribution in [0.3, 0.4) is 0 Å². The molecule has 0 spiro atoms. The van der Waals surface area contributed by atoms with Crippen LogP contribution in [0.2, 0.25) is 0 Å². The van der Waals surface area contributed by atoms with Crippen molar-refractivity contribution < 1.29 is 40.4 Å². The Bertz CT molecular complexity index is 202. The van der Waals surface area contributed by atoms with E-state index >= 15 is 0 Å². The molecular formula is C5H7O8Pb+. The van der Waals surface area contributed by atoms with E-state index in [0.29, 0.717) is 0 Å². The SMILES string of the molecule is O.O.O=C1C(=O)C(=O)C(=O)C1=O.[OH3+].[Pb]. The van der Waals surface area contributed by atoms with Crippen LogP contribution in [-0.4, -0.2) is 67.2 Å². The quantitative estimate of drug-likeness (QED) is 0.223. The van der Waals surface area contributed by atoms with Gasteiger partial charge in [-0.05, 0) is 0 Å². The Kier molecular flexibility index (Phi) is 12.5. The Morgan fingerprint density at radius 3 is 0.643 bits per heavy atom. The van der Waals surface area contributed by atoms with E-state index in [-0.39, 0.29) is 43.7 Å². The number of ketones is 5. The number of carbonyl (C=O) groups is 5. The smallest absolute Gasteiger partial charge is 0.281 e. The largest absolute Gasteiger partial charge is 0.457 e. The van der Waals surface area contributed by atoms with Crippen molar-refractivity contribution in [3.05, 3.63) is 0 Å². The average molecular weight is 402 g/mol. The summed E-state index contributed by atoms with van der Waals surface area (Å²) in [4.78, 5) is 50.9. The van der Waals surface area contributed by atoms with Crippen LogP contribution in [0, 0.1) is 0 Å². The second-order valence-corrected chi connectivity index (χ2v) is 1.65. The minimum atomic E-state index is -1.52.